The van der Waals surface area contributed by atoms with Gasteiger partial charge in [0.05, 0.1) is 11.6 Å². The lowest BCUT2D eigenvalue weighted by atomic mass is 9.98. The highest BCUT2D eigenvalue weighted by molar-refractivity contribution is 6.07. The van der Waals surface area contributed by atoms with Crippen LogP contribution in [0.2, 0.25) is 0 Å². The number of rotatable bonds is 3. The summed E-state index contributed by atoms with van der Waals surface area (Å²) in [5.74, 6) is -1.08. The number of carbonyl (C=O) groups excluding carboxylic acids is 3. The number of likely N-dealkylation sites (tertiary alicyclic amines) is 1. The van der Waals surface area contributed by atoms with E-state index in [1.807, 2.05) is 42.5 Å². The number of benzene rings is 2. The first-order valence-electron chi connectivity index (χ1n) is 9.44. The van der Waals surface area contributed by atoms with Crippen LogP contribution in [0, 0.1) is 5.92 Å². The van der Waals surface area contributed by atoms with Gasteiger partial charge in [-0.1, -0.05) is 36.4 Å². The number of anilines is 1. The maximum atomic E-state index is 13.0. The van der Waals surface area contributed by atoms with Gasteiger partial charge in [0.25, 0.3) is 0 Å². The molecule has 3 amide bonds. The van der Waals surface area contributed by atoms with Crippen molar-refractivity contribution in [1.29, 1.82) is 0 Å². The molecule has 2 aromatic carbocycles. The fourth-order valence-corrected chi connectivity index (χ4v) is 4.28. The van der Waals surface area contributed by atoms with E-state index in [9.17, 15) is 14.4 Å². The molecule has 0 saturated carbocycles. The standard InChI is InChI=1S/C21H23N3O3/c22-20(26)18-9-3-4-11-23(18)21(27)15-12-19(25)24(13-15)17-10-5-7-14-6-1-2-8-16(14)17/h1-2,5-8,10,15,18H,3-4,9,11-13H2,(H2,22,26). The van der Waals surface area contributed by atoms with Crippen molar-refractivity contribution in [3.05, 3.63) is 42.5 Å². The van der Waals surface area contributed by atoms with Gasteiger partial charge in [0.2, 0.25) is 17.7 Å². The Labute approximate surface area is 157 Å². The van der Waals surface area contributed by atoms with Gasteiger partial charge in [-0.3, -0.25) is 14.4 Å². The summed E-state index contributed by atoms with van der Waals surface area (Å²) in [7, 11) is 0. The van der Waals surface area contributed by atoms with Crippen LogP contribution in [0.1, 0.15) is 25.7 Å². The van der Waals surface area contributed by atoms with E-state index in [0.717, 1.165) is 29.3 Å². The molecule has 6 heteroatoms. The van der Waals surface area contributed by atoms with Gasteiger partial charge in [0, 0.05) is 24.9 Å². The lowest BCUT2D eigenvalue weighted by Gasteiger charge is -2.35. The second-order valence-corrected chi connectivity index (χ2v) is 7.35. The van der Waals surface area contributed by atoms with Crippen LogP contribution in [0.4, 0.5) is 5.69 Å². The molecule has 2 unspecified atom stereocenters. The van der Waals surface area contributed by atoms with Gasteiger partial charge in [-0.25, -0.2) is 0 Å². The summed E-state index contributed by atoms with van der Waals surface area (Å²) in [6.45, 7) is 0.874. The zero-order valence-corrected chi connectivity index (χ0v) is 15.1. The molecule has 2 heterocycles. The Balaban J connectivity index is 1.58. The minimum absolute atomic E-state index is 0.0580. The number of fused-ring (bicyclic) bond motifs is 1. The van der Waals surface area contributed by atoms with Crippen LogP contribution in [0.25, 0.3) is 10.8 Å². The van der Waals surface area contributed by atoms with Crippen LogP contribution in [0.3, 0.4) is 0 Å². The Bertz CT molecular complexity index is 905. The van der Waals surface area contributed by atoms with E-state index in [4.69, 9.17) is 5.73 Å². The highest BCUT2D eigenvalue weighted by atomic mass is 16.2. The zero-order valence-electron chi connectivity index (χ0n) is 15.1. The monoisotopic (exact) mass is 365 g/mol. The summed E-state index contributed by atoms with van der Waals surface area (Å²) in [4.78, 5) is 40.8. The van der Waals surface area contributed by atoms with Gasteiger partial charge in [-0.2, -0.15) is 0 Å². The largest absolute Gasteiger partial charge is 0.368 e. The number of hydrogen-bond donors (Lipinski definition) is 1. The number of carbonyl (C=O) groups is 3. The normalized spacial score (nSPS) is 23.0. The maximum Gasteiger partial charge on any atom is 0.240 e. The van der Waals surface area contributed by atoms with E-state index in [2.05, 4.69) is 0 Å². The molecular formula is C21H23N3O3. The summed E-state index contributed by atoms with van der Waals surface area (Å²) in [6.07, 6.45) is 2.53. The summed E-state index contributed by atoms with van der Waals surface area (Å²) in [6, 6.07) is 13.2. The van der Waals surface area contributed by atoms with Crippen LogP contribution in [0.5, 0.6) is 0 Å². The molecule has 2 aromatic rings. The first-order chi connectivity index (χ1) is 13.1. The molecule has 0 aliphatic carbocycles. The zero-order chi connectivity index (χ0) is 19.0. The van der Waals surface area contributed by atoms with Crippen molar-refractivity contribution in [2.75, 3.05) is 18.0 Å². The Hall–Kier alpha value is -2.89. The van der Waals surface area contributed by atoms with Crippen LogP contribution in [-0.2, 0) is 14.4 Å². The van der Waals surface area contributed by atoms with Gasteiger partial charge in [0.15, 0.2) is 0 Å². The number of primary amides is 1. The molecule has 0 spiro atoms. The first kappa shape index (κ1) is 17.5. The number of hydrogen-bond acceptors (Lipinski definition) is 3. The quantitative estimate of drug-likeness (QED) is 0.904. The molecule has 2 aliphatic rings. The fourth-order valence-electron chi connectivity index (χ4n) is 4.28. The van der Waals surface area contributed by atoms with Gasteiger partial charge >= 0.3 is 0 Å². The number of nitrogens with zero attached hydrogens (tertiary/aromatic N) is 2. The predicted octanol–water partition coefficient (Wildman–Crippen LogP) is 2.06. The van der Waals surface area contributed by atoms with Crippen molar-refractivity contribution < 1.29 is 14.4 Å². The van der Waals surface area contributed by atoms with Crippen molar-refractivity contribution in [3.63, 3.8) is 0 Å². The molecule has 140 valence electrons. The Morgan fingerprint density at radius 3 is 2.63 bits per heavy atom. The van der Waals surface area contributed by atoms with Crippen LogP contribution in [0.15, 0.2) is 42.5 Å². The second-order valence-electron chi connectivity index (χ2n) is 7.35. The van der Waals surface area contributed by atoms with Gasteiger partial charge in [-0.05, 0) is 30.7 Å². The third-order valence-electron chi connectivity index (χ3n) is 5.65. The van der Waals surface area contributed by atoms with Crippen LogP contribution in [-0.4, -0.2) is 41.8 Å². The molecule has 2 aliphatic heterocycles. The van der Waals surface area contributed by atoms with E-state index >= 15 is 0 Å². The lowest BCUT2D eigenvalue weighted by molar-refractivity contribution is -0.144. The minimum Gasteiger partial charge on any atom is -0.368 e. The van der Waals surface area contributed by atoms with Crippen molar-refractivity contribution in [1.82, 2.24) is 4.90 Å². The molecule has 2 saturated heterocycles. The van der Waals surface area contributed by atoms with Crippen LogP contribution < -0.4 is 10.6 Å². The lowest BCUT2D eigenvalue weighted by Crippen LogP contribution is -2.52. The van der Waals surface area contributed by atoms with Crippen molar-refractivity contribution >= 4 is 34.2 Å². The SMILES string of the molecule is NC(=O)C1CCCCN1C(=O)C1CC(=O)N(c2cccc3ccccc23)C1. The van der Waals surface area contributed by atoms with Gasteiger partial charge < -0.3 is 15.5 Å². The summed E-state index contributed by atoms with van der Waals surface area (Å²) in [5.41, 5.74) is 6.32. The highest BCUT2D eigenvalue weighted by Crippen LogP contribution is 2.33. The third-order valence-corrected chi connectivity index (χ3v) is 5.65. The second kappa shape index (κ2) is 7.02. The van der Waals surface area contributed by atoms with Crippen LogP contribution >= 0.6 is 0 Å². The summed E-state index contributed by atoms with van der Waals surface area (Å²) >= 11 is 0. The first-order valence-corrected chi connectivity index (χ1v) is 9.44. The molecule has 2 N–H and O–H groups in total. The smallest absolute Gasteiger partial charge is 0.240 e. The minimum atomic E-state index is -0.548. The van der Waals surface area contributed by atoms with Crippen molar-refractivity contribution in [2.45, 2.75) is 31.7 Å². The van der Waals surface area contributed by atoms with Gasteiger partial charge in [-0.15, -0.1) is 0 Å². The predicted molar refractivity (Wildman–Crippen MR) is 103 cm³/mol. The summed E-state index contributed by atoms with van der Waals surface area (Å²) < 4.78 is 0. The molecule has 2 fully saturated rings. The van der Waals surface area contributed by atoms with E-state index in [0.29, 0.717) is 19.5 Å². The maximum absolute atomic E-state index is 13.0. The Morgan fingerprint density at radius 2 is 1.81 bits per heavy atom. The number of piperidine rings is 1. The molecule has 0 aromatic heterocycles. The fraction of sp³-hybridized carbons (Fsp3) is 0.381. The third kappa shape index (κ3) is 3.16. The van der Waals surface area contributed by atoms with E-state index < -0.39 is 17.9 Å². The molecule has 4 rings (SSSR count). The average molecular weight is 365 g/mol. The Morgan fingerprint density at radius 1 is 1.04 bits per heavy atom. The number of amides is 3. The van der Waals surface area contributed by atoms with E-state index in [1.54, 1.807) is 9.80 Å². The Kier molecular flexibility index (Phi) is 4.56. The van der Waals surface area contributed by atoms with Crippen molar-refractivity contribution in [2.24, 2.45) is 11.7 Å². The topological polar surface area (TPSA) is 83.7 Å². The van der Waals surface area contributed by atoms with Gasteiger partial charge in [0.1, 0.15) is 6.04 Å². The van der Waals surface area contributed by atoms with Crippen molar-refractivity contribution in [3.8, 4) is 0 Å². The molecule has 27 heavy (non-hydrogen) atoms. The molecule has 2 atom stereocenters. The molecule has 0 radical (unpaired) electrons. The van der Waals surface area contributed by atoms with E-state index in [1.165, 1.54) is 0 Å². The molecular weight excluding hydrogens is 342 g/mol. The summed E-state index contributed by atoms with van der Waals surface area (Å²) in [5, 5.41) is 2.05. The average Bonchev–Trinajstić information content (AvgIpc) is 3.08. The number of nitrogens with two attached hydrogens (primary N) is 1. The van der Waals surface area contributed by atoms with E-state index in [-0.39, 0.29) is 18.2 Å². The molecule has 0 bridgehead atoms. The molecule has 6 nitrogen and oxygen atoms in total. The highest BCUT2D eigenvalue weighted by Gasteiger charge is 2.41.